The number of nitrogens with one attached hydrogen (secondary N) is 2. The molecule has 2 heterocycles. The monoisotopic (exact) mass is 542 g/mol. The second-order valence-corrected chi connectivity index (χ2v) is 7.51. The van der Waals surface area contributed by atoms with Crippen LogP contribution in [0.2, 0.25) is 0 Å². The normalized spacial score (nSPS) is 15.7. The van der Waals surface area contributed by atoms with E-state index in [1.54, 1.807) is 19.2 Å². The van der Waals surface area contributed by atoms with E-state index >= 15 is 0 Å². The number of hydrogen-bond donors (Lipinski definition) is 2. The first-order chi connectivity index (χ1) is 14.5. The summed E-state index contributed by atoms with van der Waals surface area (Å²) in [5.41, 5.74) is 1.08. The molecule has 1 fully saturated rings. The second kappa shape index (κ2) is 12.7. The van der Waals surface area contributed by atoms with Crippen molar-refractivity contribution >= 4 is 35.8 Å². The molecule has 2 N–H and O–H groups in total. The number of likely N-dealkylation sites (N-methyl/N-ethyl adjacent to an activating group) is 1. The molecule has 9 heteroatoms. The predicted molar refractivity (Wildman–Crippen MR) is 134 cm³/mol. The number of hydrogen-bond acceptors (Lipinski definition) is 5. The summed E-state index contributed by atoms with van der Waals surface area (Å²) in [5.74, 6) is 1.90. The van der Waals surface area contributed by atoms with Gasteiger partial charge >= 0.3 is 0 Å². The SMILES string of the molecule is CN=C(NCc1ccc(N2CCN(C)CC2)nc1)NCC(C)Oc1cccc(F)c1.I. The van der Waals surface area contributed by atoms with E-state index in [9.17, 15) is 4.39 Å². The minimum Gasteiger partial charge on any atom is -0.489 e. The van der Waals surface area contributed by atoms with Crippen molar-refractivity contribution in [2.75, 3.05) is 51.7 Å². The van der Waals surface area contributed by atoms with Crippen molar-refractivity contribution in [1.29, 1.82) is 0 Å². The summed E-state index contributed by atoms with van der Waals surface area (Å²) in [5, 5.41) is 6.51. The van der Waals surface area contributed by atoms with Gasteiger partial charge in [-0.05, 0) is 37.7 Å². The van der Waals surface area contributed by atoms with E-state index < -0.39 is 0 Å². The predicted octanol–water partition coefficient (Wildman–Crippen LogP) is 2.72. The molecule has 0 spiro atoms. The van der Waals surface area contributed by atoms with Crippen LogP contribution in [0.25, 0.3) is 0 Å². The smallest absolute Gasteiger partial charge is 0.191 e. The number of pyridine rings is 1. The Morgan fingerprint density at radius 3 is 2.61 bits per heavy atom. The van der Waals surface area contributed by atoms with Crippen LogP contribution in [0.1, 0.15) is 12.5 Å². The van der Waals surface area contributed by atoms with E-state index in [1.165, 1.54) is 12.1 Å². The topological polar surface area (TPSA) is 65.0 Å². The van der Waals surface area contributed by atoms with Crippen LogP contribution in [0, 0.1) is 5.82 Å². The zero-order chi connectivity index (χ0) is 21.3. The van der Waals surface area contributed by atoms with Crippen molar-refractivity contribution in [3.05, 3.63) is 54.0 Å². The third-order valence-electron chi connectivity index (χ3n) is 5.01. The van der Waals surface area contributed by atoms with Crippen molar-refractivity contribution < 1.29 is 9.13 Å². The molecule has 1 unspecified atom stereocenters. The minimum absolute atomic E-state index is 0. The molecule has 1 aliphatic rings. The summed E-state index contributed by atoms with van der Waals surface area (Å²) in [6.45, 7) is 7.22. The van der Waals surface area contributed by atoms with Crippen LogP contribution in [0.5, 0.6) is 5.75 Å². The Morgan fingerprint density at radius 2 is 1.97 bits per heavy atom. The van der Waals surface area contributed by atoms with Crippen LogP contribution in [0.15, 0.2) is 47.6 Å². The van der Waals surface area contributed by atoms with Gasteiger partial charge in [0, 0.05) is 52.0 Å². The lowest BCUT2D eigenvalue weighted by atomic mass is 10.2. The number of aliphatic imine (C=N–C) groups is 1. The highest BCUT2D eigenvalue weighted by Crippen LogP contribution is 2.14. The van der Waals surface area contributed by atoms with E-state index in [4.69, 9.17) is 4.74 Å². The maximum Gasteiger partial charge on any atom is 0.191 e. The number of ether oxygens (including phenoxy) is 1. The highest BCUT2D eigenvalue weighted by molar-refractivity contribution is 14.0. The maximum atomic E-state index is 13.3. The fourth-order valence-corrected chi connectivity index (χ4v) is 3.20. The number of aromatic nitrogens is 1. The molecule has 3 rings (SSSR count). The van der Waals surface area contributed by atoms with Crippen LogP contribution in [-0.2, 0) is 6.54 Å². The van der Waals surface area contributed by atoms with Crippen LogP contribution in [0.4, 0.5) is 10.2 Å². The zero-order valence-electron chi connectivity index (χ0n) is 18.3. The summed E-state index contributed by atoms with van der Waals surface area (Å²) in [4.78, 5) is 13.5. The summed E-state index contributed by atoms with van der Waals surface area (Å²) < 4.78 is 19.0. The fraction of sp³-hybridized carbons (Fsp3) is 0.455. The highest BCUT2D eigenvalue weighted by Gasteiger charge is 2.15. The summed E-state index contributed by atoms with van der Waals surface area (Å²) >= 11 is 0. The van der Waals surface area contributed by atoms with Gasteiger partial charge in [0.05, 0.1) is 6.54 Å². The average molecular weight is 542 g/mol. The molecule has 31 heavy (non-hydrogen) atoms. The van der Waals surface area contributed by atoms with Gasteiger partial charge in [-0.3, -0.25) is 4.99 Å². The van der Waals surface area contributed by atoms with Crippen molar-refractivity contribution in [2.45, 2.75) is 19.6 Å². The number of guanidine groups is 1. The zero-order valence-corrected chi connectivity index (χ0v) is 20.7. The standard InChI is InChI=1S/C22H31FN6O.HI/c1-17(30-20-6-4-5-19(23)13-20)14-26-22(24-2)27-16-18-7-8-21(25-15-18)29-11-9-28(3)10-12-29;/h4-8,13,15,17H,9-12,14,16H2,1-3H3,(H2,24,26,27);1H. The molecule has 0 radical (unpaired) electrons. The lowest BCUT2D eigenvalue weighted by Gasteiger charge is -2.33. The van der Waals surface area contributed by atoms with E-state index in [2.05, 4.69) is 49.6 Å². The average Bonchev–Trinajstić information content (AvgIpc) is 2.75. The van der Waals surface area contributed by atoms with Gasteiger partial charge in [0.2, 0.25) is 0 Å². The molecule has 1 aromatic heterocycles. The number of halogens is 2. The molecular formula is C22H32FIN6O. The van der Waals surface area contributed by atoms with Crippen molar-refractivity contribution in [3.63, 3.8) is 0 Å². The Balaban J connectivity index is 0.00000341. The quantitative estimate of drug-likeness (QED) is 0.319. The molecule has 1 atom stereocenters. The van der Waals surface area contributed by atoms with Gasteiger partial charge in [-0.25, -0.2) is 9.37 Å². The summed E-state index contributed by atoms with van der Waals surface area (Å²) in [6.07, 6.45) is 1.76. The van der Waals surface area contributed by atoms with Gasteiger partial charge in [0.15, 0.2) is 5.96 Å². The third-order valence-corrected chi connectivity index (χ3v) is 5.01. The van der Waals surface area contributed by atoms with Gasteiger partial charge < -0.3 is 25.2 Å². The fourth-order valence-electron chi connectivity index (χ4n) is 3.20. The molecule has 0 saturated carbocycles. The molecular weight excluding hydrogens is 510 g/mol. The molecule has 0 bridgehead atoms. The van der Waals surface area contributed by atoms with Gasteiger partial charge in [-0.15, -0.1) is 24.0 Å². The molecule has 0 amide bonds. The first-order valence-corrected chi connectivity index (χ1v) is 10.3. The minimum atomic E-state index is -0.308. The van der Waals surface area contributed by atoms with Gasteiger partial charge in [0.1, 0.15) is 23.5 Å². The van der Waals surface area contributed by atoms with Crippen LogP contribution in [-0.4, -0.2) is 68.8 Å². The lowest BCUT2D eigenvalue weighted by molar-refractivity contribution is 0.223. The van der Waals surface area contributed by atoms with Crippen molar-refractivity contribution in [2.24, 2.45) is 4.99 Å². The van der Waals surface area contributed by atoms with E-state index in [1.807, 2.05) is 13.1 Å². The van der Waals surface area contributed by atoms with E-state index in [-0.39, 0.29) is 35.9 Å². The Labute approximate surface area is 201 Å². The molecule has 170 valence electrons. The first kappa shape index (κ1) is 25.1. The number of piperazine rings is 1. The first-order valence-electron chi connectivity index (χ1n) is 10.3. The molecule has 0 aliphatic carbocycles. The number of rotatable bonds is 7. The van der Waals surface area contributed by atoms with Crippen LogP contribution in [0.3, 0.4) is 0 Å². The number of nitrogens with zero attached hydrogens (tertiary/aromatic N) is 4. The van der Waals surface area contributed by atoms with Crippen molar-refractivity contribution in [1.82, 2.24) is 20.5 Å². The Bertz CT molecular complexity index is 827. The van der Waals surface area contributed by atoms with Crippen LogP contribution < -0.4 is 20.3 Å². The van der Waals surface area contributed by atoms with Gasteiger partial charge in [0.25, 0.3) is 0 Å². The third kappa shape index (κ3) is 8.13. The molecule has 1 aromatic carbocycles. The molecule has 1 saturated heterocycles. The Hall–Kier alpha value is -2.14. The Kier molecular flexibility index (Phi) is 10.3. The highest BCUT2D eigenvalue weighted by atomic mass is 127. The maximum absolute atomic E-state index is 13.3. The van der Waals surface area contributed by atoms with Crippen LogP contribution >= 0.6 is 24.0 Å². The van der Waals surface area contributed by atoms with Crippen molar-refractivity contribution in [3.8, 4) is 5.75 Å². The Morgan fingerprint density at radius 1 is 1.19 bits per heavy atom. The van der Waals surface area contributed by atoms with E-state index in [0.717, 1.165) is 37.6 Å². The molecule has 1 aliphatic heterocycles. The lowest BCUT2D eigenvalue weighted by Crippen LogP contribution is -2.44. The number of benzene rings is 1. The summed E-state index contributed by atoms with van der Waals surface area (Å²) in [7, 11) is 3.87. The largest absolute Gasteiger partial charge is 0.489 e. The van der Waals surface area contributed by atoms with Gasteiger partial charge in [-0.2, -0.15) is 0 Å². The van der Waals surface area contributed by atoms with E-state index in [0.29, 0.717) is 24.8 Å². The second-order valence-electron chi connectivity index (χ2n) is 7.51. The molecule has 2 aromatic rings. The van der Waals surface area contributed by atoms with Gasteiger partial charge in [-0.1, -0.05) is 12.1 Å². The summed E-state index contributed by atoms with van der Waals surface area (Å²) in [6, 6.07) is 10.3. The molecule has 7 nitrogen and oxygen atoms in total. The number of anilines is 1.